The first-order valence-corrected chi connectivity index (χ1v) is 14.3. The van der Waals surface area contributed by atoms with Crippen molar-refractivity contribution in [2.45, 2.75) is 80.3 Å². The largest absolute Gasteiger partial charge is 0.398 e. The molecule has 0 aromatic carbocycles. The van der Waals surface area contributed by atoms with E-state index in [2.05, 4.69) is 88.3 Å². The van der Waals surface area contributed by atoms with E-state index in [4.69, 9.17) is 11.5 Å². The number of rotatable bonds is 0. The predicted octanol–water partition coefficient (Wildman–Crippen LogP) is 7.21. The van der Waals surface area contributed by atoms with Gasteiger partial charge in [0, 0.05) is 46.9 Å². The first-order chi connectivity index (χ1) is 20.0. The molecule has 0 radical (unpaired) electrons. The summed E-state index contributed by atoms with van der Waals surface area (Å²) in [5, 5.41) is 2.43. The molecule has 0 saturated carbocycles. The molecule has 6 heterocycles. The zero-order valence-electron chi connectivity index (χ0n) is 26.9. The summed E-state index contributed by atoms with van der Waals surface area (Å²) in [6, 6.07) is 5.54. The molecule has 0 amide bonds. The average Bonchev–Trinajstić information content (AvgIpc) is 3.62. The minimum absolute atomic E-state index is 0.0720. The van der Waals surface area contributed by atoms with Crippen LogP contribution in [0.3, 0.4) is 0 Å². The second-order valence-electron chi connectivity index (χ2n) is 12.9. The SMILES string of the molecule is CC(C)(C)n1cc(F)c2c(N)ccnc21.CC(C)C.Cc1ncnc2c1ccn2C(C)(C)C.Nc1ncnc2[nH]ccc12. The second-order valence-corrected chi connectivity index (χ2v) is 12.9. The quantitative estimate of drug-likeness (QED) is 0.170. The van der Waals surface area contributed by atoms with Gasteiger partial charge >= 0.3 is 0 Å². The number of aromatic amines is 1. The van der Waals surface area contributed by atoms with Crippen LogP contribution < -0.4 is 11.5 Å². The van der Waals surface area contributed by atoms with Crippen molar-refractivity contribution in [1.29, 1.82) is 0 Å². The highest BCUT2D eigenvalue weighted by Gasteiger charge is 2.20. The molecule has 0 bridgehead atoms. The Morgan fingerprint density at radius 1 is 0.791 bits per heavy atom. The lowest BCUT2D eigenvalue weighted by Crippen LogP contribution is -2.20. The summed E-state index contributed by atoms with van der Waals surface area (Å²) in [7, 11) is 0. The van der Waals surface area contributed by atoms with E-state index in [9.17, 15) is 4.39 Å². The molecule has 0 atom stereocenters. The van der Waals surface area contributed by atoms with Gasteiger partial charge in [0.2, 0.25) is 0 Å². The van der Waals surface area contributed by atoms with E-state index >= 15 is 0 Å². The fraction of sp³-hybridized carbons (Fsp3) is 0.406. The van der Waals surface area contributed by atoms with Gasteiger partial charge in [0.15, 0.2) is 5.82 Å². The van der Waals surface area contributed by atoms with Gasteiger partial charge in [-0.3, -0.25) is 0 Å². The number of halogens is 1. The molecular formula is C32H45FN10. The lowest BCUT2D eigenvalue weighted by molar-refractivity contribution is 0.404. The van der Waals surface area contributed by atoms with Gasteiger partial charge in [-0.05, 0) is 72.6 Å². The van der Waals surface area contributed by atoms with Crippen LogP contribution in [0.5, 0.6) is 0 Å². The Bertz CT molecular complexity index is 1780. The highest BCUT2D eigenvalue weighted by atomic mass is 19.1. The summed E-state index contributed by atoms with van der Waals surface area (Å²) < 4.78 is 17.6. The Labute approximate surface area is 252 Å². The molecule has 0 aliphatic heterocycles. The van der Waals surface area contributed by atoms with Crippen LogP contribution >= 0.6 is 0 Å². The fourth-order valence-corrected chi connectivity index (χ4v) is 4.15. The van der Waals surface area contributed by atoms with Crippen LogP contribution in [0.4, 0.5) is 15.9 Å². The number of nitrogens with one attached hydrogen (secondary N) is 1. The van der Waals surface area contributed by atoms with E-state index in [-0.39, 0.29) is 16.9 Å². The lowest BCUT2D eigenvalue weighted by atomic mass is 10.1. The molecule has 0 unspecified atom stereocenters. The maximum atomic E-state index is 13.7. The molecule has 5 N–H and O–H groups in total. The van der Waals surface area contributed by atoms with E-state index < -0.39 is 0 Å². The van der Waals surface area contributed by atoms with E-state index in [1.165, 1.54) is 12.5 Å². The van der Waals surface area contributed by atoms with E-state index in [0.29, 0.717) is 22.5 Å². The van der Waals surface area contributed by atoms with Crippen LogP contribution in [0.1, 0.15) is 68.0 Å². The van der Waals surface area contributed by atoms with Crippen LogP contribution in [-0.4, -0.2) is 39.0 Å². The van der Waals surface area contributed by atoms with Gasteiger partial charge in [0.05, 0.1) is 16.5 Å². The van der Waals surface area contributed by atoms with Crippen LogP contribution in [0.15, 0.2) is 55.6 Å². The van der Waals surface area contributed by atoms with Crippen molar-refractivity contribution in [2.75, 3.05) is 11.5 Å². The number of H-pyrrole nitrogens is 1. The summed E-state index contributed by atoms with van der Waals surface area (Å²) in [4.78, 5) is 23.4. The maximum absolute atomic E-state index is 13.7. The summed E-state index contributed by atoms with van der Waals surface area (Å²) in [6.45, 7) is 21.0. The van der Waals surface area contributed by atoms with Crippen LogP contribution in [-0.2, 0) is 11.1 Å². The highest BCUT2D eigenvalue weighted by Crippen LogP contribution is 2.28. The van der Waals surface area contributed by atoms with E-state index in [1.54, 1.807) is 29.4 Å². The molecule has 0 aliphatic carbocycles. The molecule has 6 aromatic rings. The number of aromatic nitrogens is 8. The number of nitrogens with zero attached hydrogens (tertiary/aromatic N) is 7. The Hall–Kier alpha value is -4.54. The Kier molecular flexibility index (Phi) is 10.1. The number of aryl methyl sites for hydroxylation is 1. The van der Waals surface area contributed by atoms with Gasteiger partial charge in [0.25, 0.3) is 0 Å². The van der Waals surface area contributed by atoms with Crippen molar-refractivity contribution < 1.29 is 4.39 Å². The maximum Gasteiger partial charge on any atom is 0.152 e. The van der Waals surface area contributed by atoms with Gasteiger partial charge < -0.3 is 25.6 Å². The number of hydrogen-bond acceptors (Lipinski definition) is 7. The Morgan fingerprint density at radius 2 is 1.42 bits per heavy atom. The van der Waals surface area contributed by atoms with Crippen LogP contribution in [0, 0.1) is 18.7 Å². The van der Waals surface area contributed by atoms with Gasteiger partial charge in [-0.25, -0.2) is 29.3 Å². The minimum Gasteiger partial charge on any atom is -0.398 e. The number of pyridine rings is 1. The van der Waals surface area contributed by atoms with Crippen molar-refractivity contribution >= 4 is 44.6 Å². The fourth-order valence-electron chi connectivity index (χ4n) is 4.15. The first-order valence-electron chi connectivity index (χ1n) is 14.3. The second kappa shape index (κ2) is 13.2. The lowest BCUT2D eigenvalue weighted by Gasteiger charge is -2.21. The molecule has 0 aliphatic rings. The van der Waals surface area contributed by atoms with Crippen molar-refractivity contribution in [3.8, 4) is 0 Å². The summed E-state index contributed by atoms with van der Waals surface area (Å²) >= 11 is 0. The highest BCUT2D eigenvalue weighted by molar-refractivity contribution is 5.89. The topological polar surface area (TPSA) is 142 Å². The number of fused-ring (bicyclic) bond motifs is 3. The Morgan fingerprint density at radius 3 is 2.02 bits per heavy atom. The minimum atomic E-state index is -0.314. The number of anilines is 2. The third-order valence-electron chi connectivity index (χ3n) is 6.18. The van der Waals surface area contributed by atoms with Gasteiger partial charge in [-0.1, -0.05) is 20.8 Å². The summed E-state index contributed by atoms with van der Waals surface area (Å²) in [6.07, 6.45) is 9.98. The molecule has 230 valence electrons. The average molecular weight is 589 g/mol. The molecule has 0 spiro atoms. The van der Waals surface area contributed by atoms with Crippen molar-refractivity contribution in [3.63, 3.8) is 0 Å². The van der Waals surface area contributed by atoms with Crippen LogP contribution in [0.2, 0.25) is 0 Å². The summed E-state index contributed by atoms with van der Waals surface area (Å²) in [5.41, 5.74) is 15.0. The Balaban J connectivity index is 0.000000169. The predicted molar refractivity (Wildman–Crippen MR) is 175 cm³/mol. The molecule has 43 heavy (non-hydrogen) atoms. The molecule has 0 fully saturated rings. The molecule has 6 aromatic heterocycles. The smallest absolute Gasteiger partial charge is 0.152 e. The van der Waals surface area contributed by atoms with Gasteiger partial charge in [-0.2, -0.15) is 0 Å². The van der Waals surface area contributed by atoms with Gasteiger partial charge in [0.1, 0.15) is 35.4 Å². The van der Waals surface area contributed by atoms with Crippen LogP contribution in [0.25, 0.3) is 33.1 Å². The zero-order valence-corrected chi connectivity index (χ0v) is 26.9. The van der Waals surface area contributed by atoms with E-state index in [1.807, 2.05) is 33.8 Å². The molecule has 0 saturated heterocycles. The van der Waals surface area contributed by atoms with Crippen molar-refractivity contribution in [3.05, 3.63) is 67.2 Å². The normalized spacial score (nSPS) is 11.5. The van der Waals surface area contributed by atoms with Crippen molar-refractivity contribution in [2.24, 2.45) is 5.92 Å². The number of nitrogen functional groups attached to an aromatic ring is 2. The van der Waals surface area contributed by atoms with Crippen molar-refractivity contribution in [1.82, 2.24) is 39.0 Å². The molecule has 6 rings (SSSR count). The first kappa shape index (κ1) is 33.0. The standard InChI is InChI=1S/C11H14FN3.C11H15N3.C6H6N4.C4H10/c1-11(2,3)15-6-7(12)9-8(13)4-5-14-10(9)15;1-8-9-5-6-14(11(2,3)4)10(9)13-7-12-8;7-5-4-1-2-8-6(4)10-3-9-5;1-4(2)3/h4-6H,1-3H3,(H2,13,14);5-7H,1-4H3;1-3H,(H3,7,8,9,10);4H,1-3H3. The molecular weight excluding hydrogens is 543 g/mol. The monoisotopic (exact) mass is 588 g/mol. The zero-order chi connectivity index (χ0) is 32.1. The number of nitrogens with two attached hydrogens (primary N) is 2. The van der Waals surface area contributed by atoms with E-state index in [0.717, 1.165) is 33.7 Å². The molecule has 11 heteroatoms. The third-order valence-corrected chi connectivity index (χ3v) is 6.18. The summed E-state index contributed by atoms with van der Waals surface area (Å²) in [5.74, 6) is 1.04. The third kappa shape index (κ3) is 8.06. The number of hydrogen-bond donors (Lipinski definition) is 3. The van der Waals surface area contributed by atoms with Gasteiger partial charge in [-0.15, -0.1) is 0 Å². The molecule has 10 nitrogen and oxygen atoms in total.